The van der Waals surface area contributed by atoms with Crippen molar-refractivity contribution in [2.45, 2.75) is 56.3 Å². The molecule has 0 aliphatic heterocycles. The monoisotopic (exact) mass is 525 g/mol. The molecule has 0 spiro atoms. The standard InChI is InChI=1S/C22H31N5O10/c23-13(10-28)19(33)27-16(9-11-1-3-12(29)4-2-11)21(35)25-14(5-7-17(24)30)20(34)26-15(22(36)37)6-8-18(31)32/h1-4,13-16,28-29H,5-10,23H2,(H2,24,30)(H,25,35)(H,26,34)(H,27,33)(H,31,32)(H,36,37). The zero-order valence-corrected chi connectivity index (χ0v) is 19.8. The van der Waals surface area contributed by atoms with Gasteiger partial charge in [0.25, 0.3) is 0 Å². The maximum absolute atomic E-state index is 13.1. The smallest absolute Gasteiger partial charge is 0.326 e. The van der Waals surface area contributed by atoms with Crippen molar-refractivity contribution in [1.82, 2.24) is 16.0 Å². The number of carboxylic acid groups (broad SMARTS) is 2. The highest BCUT2D eigenvalue weighted by Gasteiger charge is 2.30. The molecule has 0 saturated carbocycles. The van der Waals surface area contributed by atoms with Gasteiger partial charge in [-0.3, -0.25) is 24.0 Å². The molecule has 4 amide bonds. The first-order valence-corrected chi connectivity index (χ1v) is 11.1. The number of phenolic OH excluding ortho intramolecular Hbond substituents is 1. The minimum absolute atomic E-state index is 0.0461. The van der Waals surface area contributed by atoms with E-state index in [0.29, 0.717) is 5.56 Å². The van der Waals surface area contributed by atoms with E-state index < -0.39 is 79.2 Å². The number of aromatic hydroxyl groups is 1. The van der Waals surface area contributed by atoms with E-state index in [9.17, 15) is 39.0 Å². The molecule has 15 nitrogen and oxygen atoms in total. The van der Waals surface area contributed by atoms with E-state index >= 15 is 0 Å². The Hall–Kier alpha value is -4.24. The molecule has 4 unspecified atom stereocenters. The SMILES string of the molecule is NC(=O)CCC(NC(=O)C(Cc1ccc(O)cc1)NC(=O)C(N)CO)C(=O)NC(CCC(=O)O)C(=O)O. The summed E-state index contributed by atoms with van der Waals surface area (Å²) in [5.74, 6) is -6.45. The van der Waals surface area contributed by atoms with E-state index in [1.807, 2.05) is 0 Å². The van der Waals surface area contributed by atoms with Crippen LogP contribution in [0.1, 0.15) is 31.2 Å². The molecule has 1 rings (SSSR count). The summed E-state index contributed by atoms with van der Waals surface area (Å²) in [4.78, 5) is 71.6. The van der Waals surface area contributed by atoms with Crippen LogP contribution in [-0.2, 0) is 35.2 Å². The molecule has 1 aromatic rings. The van der Waals surface area contributed by atoms with Gasteiger partial charge in [0.15, 0.2) is 0 Å². The number of benzene rings is 1. The van der Waals surface area contributed by atoms with Gasteiger partial charge in [-0.15, -0.1) is 0 Å². The summed E-state index contributed by atoms with van der Waals surface area (Å²) >= 11 is 0. The number of carbonyl (C=O) groups excluding carboxylic acids is 4. The fourth-order valence-electron chi connectivity index (χ4n) is 3.06. The lowest BCUT2D eigenvalue weighted by molar-refractivity contribution is -0.143. The number of rotatable bonds is 16. The molecule has 0 bridgehead atoms. The fraction of sp³-hybridized carbons (Fsp3) is 0.455. The van der Waals surface area contributed by atoms with Crippen molar-refractivity contribution in [3.8, 4) is 5.75 Å². The number of amides is 4. The minimum atomic E-state index is -1.59. The van der Waals surface area contributed by atoms with E-state index in [-0.39, 0.29) is 25.0 Å². The molecule has 0 fully saturated rings. The normalized spacial score (nSPS) is 13.9. The number of nitrogens with one attached hydrogen (secondary N) is 3. The van der Waals surface area contributed by atoms with Gasteiger partial charge >= 0.3 is 11.9 Å². The molecule has 204 valence electrons. The zero-order chi connectivity index (χ0) is 28.1. The second-order valence-corrected chi connectivity index (χ2v) is 8.12. The van der Waals surface area contributed by atoms with Crippen LogP contribution in [0.4, 0.5) is 0 Å². The average Bonchev–Trinajstić information content (AvgIpc) is 2.83. The van der Waals surface area contributed by atoms with Crippen LogP contribution in [-0.4, -0.2) is 86.8 Å². The quantitative estimate of drug-likeness (QED) is 0.104. The van der Waals surface area contributed by atoms with Crippen LogP contribution in [0, 0.1) is 0 Å². The van der Waals surface area contributed by atoms with Crippen molar-refractivity contribution in [2.75, 3.05) is 6.61 Å². The second kappa shape index (κ2) is 15.0. The molecule has 1 aromatic carbocycles. The number of nitrogens with two attached hydrogens (primary N) is 2. The number of hydrogen-bond acceptors (Lipinski definition) is 9. The van der Waals surface area contributed by atoms with Gasteiger partial charge in [0.05, 0.1) is 6.61 Å². The van der Waals surface area contributed by atoms with Crippen molar-refractivity contribution in [3.05, 3.63) is 29.8 Å². The van der Waals surface area contributed by atoms with Gasteiger partial charge in [-0.2, -0.15) is 0 Å². The lowest BCUT2D eigenvalue weighted by atomic mass is 10.0. The summed E-state index contributed by atoms with van der Waals surface area (Å²) in [5, 5.41) is 43.5. The minimum Gasteiger partial charge on any atom is -0.508 e. The molecular formula is C22H31N5O10. The Morgan fingerprint density at radius 3 is 1.81 bits per heavy atom. The van der Waals surface area contributed by atoms with Crippen molar-refractivity contribution in [2.24, 2.45) is 11.5 Å². The number of primary amides is 1. The largest absolute Gasteiger partial charge is 0.508 e. The Labute approximate surface area is 211 Å². The summed E-state index contributed by atoms with van der Waals surface area (Å²) in [5.41, 5.74) is 11.1. The third kappa shape index (κ3) is 11.4. The highest BCUT2D eigenvalue weighted by atomic mass is 16.4. The maximum Gasteiger partial charge on any atom is 0.326 e. The number of hydrogen-bond donors (Lipinski definition) is 9. The summed E-state index contributed by atoms with van der Waals surface area (Å²) in [6.45, 7) is -0.712. The fourth-order valence-corrected chi connectivity index (χ4v) is 3.06. The van der Waals surface area contributed by atoms with Crippen LogP contribution in [0.25, 0.3) is 0 Å². The predicted molar refractivity (Wildman–Crippen MR) is 126 cm³/mol. The van der Waals surface area contributed by atoms with Gasteiger partial charge in [0.1, 0.15) is 29.9 Å². The third-order valence-electron chi connectivity index (χ3n) is 5.12. The Kier molecular flexibility index (Phi) is 12.5. The van der Waals surface area contributed by atoms with Crippen LogP contribution in [0.2, 0.25) is 0 Å². The van der Waals surface area contributed by atoms with E-state index in [1.165, 1.54) is 24.3 Å². The van der Waals surface area contributed by atoms with Gasteiger partial charge in [0, 0.05) is 19.3 Å². The number of aliphatic hydroxyl groups is 1. The molecular weight excluding hydrogens is 494 g/mol. The molecule has 0 saturated heterocycles. The topological polar surface area (TPSA) is 271 Å². The van der Waals surface area contributed by atoms with Crippen LogP contribution < -0.4 is 27.4 Å². The van der Waals surface area contributed by atoms with E-state index in [4.69, 9.17) is 21.7 Å². The van der Waals surface area contributed by atoms with E-state index in [1.54, 1.807) is 0 Å². The number of aliphatic carboxylic acids is 2. The van der Waals surface area contributed by atoms with Crippen LogP contribution in [0.3, 0.4) is 0 Å². The van der Waals surface area contributed by atoms with Gasteiger partial charge in [0.2, 0.25) is 23.6 Å². The first-order chi connectivity index (χ1) is 17.3. The number of aliphatic hydroxyl groups excluding tert-OH is 1. The molecule has 0 aliphatic carbocycles. The van der Waals surface area contributed by atoms with Crippen molar-refractivity contribution in [1.29, 1.82) is 0 Å². The number of carbonyl (C=O) groups is 6. The van der Waals surface area contributed by atoms with Crippen molar-refractivity contribution < 1.29 is 49.2 Å². The molecule has 0 heterocycles. The van der Waals surface area contributed by atoms with E-state index in [2.05, 4.69) is 16.0 Å². The zero-order valence-electron chi connectivity index (χ0n) is 19.8. The second-order valence-electron chi connectivity index (χ2n) is 8.12. The lowest BCUT2D eigenvalue weighted by Crippen LogP contribution is -2.58. The molecule has 0 aliphatic rings. The molecule has 0 aromatic heterocycles. The predicted octanol–water partition coefficient (Wildman–Crippen LogP) is -3.08. The van der Waals surface area contributed by atoms with Crippen LogP contribution in [0.15, 0.2) is 24.3 Å². The molecule has 37 heavy (non-hydrogen) atoms. The highest BCUT2D eigenvalue weighted by molar-refractivity contribution is 5.94. The number of carboxylic acids is 2. The number of phenols is 1. The van der Waals surface area contributed by atoms with Gasteiger partial charge in [-0.05, 0) is 30.5 Å². The van der Waals surface area contributed by atoms with Gasteiger partial charge in [-0.25, -0.2) is 4.79 Å². The summed E-state index contributed by atoms with van der Waals surface area (Å²) in [6, 6.07) is -0.106. The van der Waals surface area contributed by atoms with Crippen LogP contribution in [0.5, 0.6) is 5.75 Å². The first-order valence-electron chi connectivity index (χ1n) is 11.1. The van der Waals surface area contributed by atoms with Crippen molar-refractivity contribution in [3.63, 3.8) is 0 Å². The third-order valence-corrected chi connectivity index (χ3v) is 5.12. The lowest BCUT2D eigenvalue weighted by Gasteiger charge is -2.25. The summed E-state index contributed by atoms with van der Waals surface area (Å²) < 4.78 is 0. The Balaban J connectivity index is 3.13. The maximum atomic E-state index is 13.1. The summed E-state index contributed by atoms with van der Waals surface area (Å²) in [7, 11) is 0. The van der Waals surface area contributed by atoms with Gasteiger partial charge < -0.3 is 47.8 Å². The van der Waals surface area contributed by atoms with Crippen molar-refractivity contribution >= 4 is 35.6 Å². The molecule has 11 N–H and O–H groups in total. The van der Waals surface area contributed by atoms with Gasteiger partial charge in [-0.1, -0.05) is 12.1 Å². The van der Waals surface area contributed by atoms with Crippen LogP contribution >= 0.6 is 0 Å². The first kappa shape index (κ1) is 30.8. The highest BCUT2D eigenvalue weighted by Crippen LogP contribution is 2.12. The molecule has 4 atom stereocenters. The Bertz CT molecular complexity index is 985. The Morgan fingerprint density at radius 2 is 1.30 bits per heavy atom. The van der Waals surface area contributed by atoms with E-state index in [0.717, 1.165) is 0 Å². The average molecular weight is 526 g/mol. The summed E-state index contributed by atoms with van der Waals surface area (Å²) in [6.07, 6.45) is -1.81. The Morgan fingerprint density at radius 1 is 0.784 bits per heavy atom. The molecule has 15 heteroatoms. The molecule has 0 radical (unpaired) electrons.